The third kappa shape index (κ3) is 4.00. The number of nitrogens with two attached hydrogens (primary N) is 1. The first-order valence-electron chi connectivity index (χ1n) is 3.62. The first-order chi connectivity index (χ1) is 6.02. The summed E-state index contributed by atoms with van der Waals surface area (Å²) in [7, 11) is 0. The summed E-state index contributed by atoms with van der Waals surface area (Å²) >= 11 is 0. The monoisotopic (exact) mass is 191 g/mol. The van der Waals surface area contributed by atoms with Gasteiger partial charge in [0.1, 0.15) is 6.10 Å². The SMILES string of the molecule is NC(=O)C(=CC(O)CO)C(O)CO. The molecule has 0 radical (unpaired) electrons. The molecule has 0 aromatic rings. The van der Waals surface area contributed by atoms with E-state index >= 15 is 0 Å². The molecule has 13 heavy (non-hydrogen) atoms. The average molecular weight is 191 g/mol. The average Bonchev–Trinajstić information content (AvgIpc) is 2.11. The zero-order valence-electron chi connectivity index (χ0n) is 6.92. The fraction of sp³-hybridized carbons (Fsp3) is 0.571. The van der Waals surface area contributed by atoms with Crippen LogP contribution in [0.1, 0.15) is 0 Å². The molecule has 6 N–H and O–H groups in total. The zero-order chi connectivity index (χ0) is 10.4. The van der Waals surface area contributed by atoms with Crippen molar-refractivity contribution in [2.45, 2.75) is 12.2 Å². The van der Waals surface area contributed by atoms with Crippen molar-refractivity contribution in [3.63, 3.8) is 0 Å². The molecule has 6 heteroatoms. The Labute approximate surface area is 74.9 Å². The highest BCUT2D eigenvalue weighted by atomic mass is 16.3. The number of primary amides is 1. The smallest absolute Gasteiger partial charge is 0.247 e. The van der Waals surface area contributed by atoms with Gasteiger partial charge in [0, 0.05) is 5.57 Å². The summed E-state index contributed by atoms with van der Waals surface area (Å²) in [5.41, 5.74) is 4.53. The van der Waals surface area contributed by atoms with E-state index in [9.17, 15) is 4.79 Å². The fourth-order valence-corrected chi connectivity index (χ4v) is 0.716. The Hall–Kier alpha value is -0.950. The lowest BCUT2D eigenvalue weighted by molar-refractivity contribution is -0.115. The van der Waals surface area contributed by atoms with Gasteiger partial charge >= 0.3 is 0 Å². The Morgan fingerprint density at radius 2 is 1.85 bits per heavy atom. The zero-order valence-corrected chi connectivity index (χ0v) is 6.92. The van der Waals surface area contributed by atoms with Crippen molar-refractivity contribution in [1.82, 2.24) is 0 Å². The second-order valence-electron chi connectivity index (χ2n) is 2.43. The van der Waals surface area contributed by atoms with Crippen molar-refractivity contribution >= 4 is 5.91 Å². The van der Waals surface area contributed by atoms with E-state index in [4.69, 9.17) is 26.2 Å². The number of aliphatic hydroxyl groups excluding tert-OH is 4. The van der Waals surface area contributed by atoms with Crippen molar-refractivity contribution < 1.29 is 25.2 Å². The molecule has 0 aliphatic heterocycles. The Morgan fingerprint density at radius 1 is 1.31 bits per heavy atom. The van der Waals surface area contributed by atoms with E-state index in [0.29, 0.717) is 0 Å². The minimum atomic E-state index is -1.43. The second kappa shape index (κ2) is 5.65. The molecule has 0 heterocycles. The maximum Gasteiger partial charge on any atom is 0.247 e. The topological polar surface area (TPSA) is 124 Å². The van der Waals surface area contributed by atoms with Crippen LogP contribution >= 0.6 is 0 Å². The van der Waals surface area contributed by atoms with Crippen molar-refractivity contribution in [2.75, 3.05) is 13.2 Å². The molecule has 0 rings (SSSR count). The highest BCUT2D eigenvalue weighted by molar-refractivity contribution is 5.93. The standard InChI is InChI=1S/C7H13NO5/c8-7(13)5(6(12)3-10)1-4(11)2-9/h1,4,6,9-12H,2-3H2,(H2,8,13). The molecule has 0 aromatic carbocycles. The van der Waals surface area contributed by atoms with E-state index < -0.39 is 31.3 Å². The summed E-state index contributed by atoms with van der Waals surface area (Å²) in [6, 6.07) is 0. The largest absolute Gasteiger partial charge is 0.393 e. The maximum atomic E-state index is 10.6. The molecule has 1 amide bonds. The highest BCUT2D eigenvalue weighted by Crippen LogP contribution is 2.02. The third-order valence-corrected chi connectivity index (χ3v) is 1.38. The van der Waals surface area contributed by atoms with Crippen LogP contribution in [0.3, 0.4) is 0 Å². The molecule has 0 saturated heterocycles. The van der Waals surface area contributed by atoms with Crippen LogP contribution in [0.4, 0.5) is 0 Å². The quantitative estimate of drug-likeness (QED) is 0.298. The number of hydrogen-bond donors (Lipinski definition) is 5. The molecule has 0 fully saturated rings. The molecular formula is C7H13NO5. The van der Waals surface area contributed by atoms with E-state index in [-0.39, 0.29) is 5.57 Å². The Bertz CT molecular complexity index is 203. The van der Waals surface area contributed by atoms with Gasteiger partial charge in [0.05, 0.1) is 19.3 Å². The maximum absolute atomic E-state index is 10.6. The predicted octanol–water partition coefficient (Wildman–Crippen LogP) is -2.90. The van der Waals surface area contributed by atoms with Crippen LogP contribution in [0.2, 0.25) is 0 Å². The molecule has 76 valence electrons. The molecular weight excluding hydrogens is 178 g/mol. The molecule has 0 aliphatic rings. The second-order valence-corrected chi connectivity index (χ2v) is 2.43. The van der Waals surface area contributed by atoms with E-state index in [0.717, 1.165) is 6.08 Å². The fourth-order valence-electron chi connectivity index (χ4n) is 0.716. The molecule has 0 bridgehead atoms. The van der Waals surface area contributed by atoms with Crippen LogP contribution in [-0.2, 0) is 4.79 Å². The molecule has 2 atom stereocenters. The molecule has 6 nitrogen and oxygen atoms in total. The van der Waals surface area contributed by atoms with Gasteiger partial charge in [-0.2, -0.15) is 0 Å². The first-order valence-corrected chi connectivity index (χ1v) is 3.62. The van der Waals surface area contributed by atoms with E-state index in [2.05, 4.69) is 0 Å². The van der Waals surface area contributed by atoms with Crippen LogP contribution in [0.15, 0.2) is 11.6 Å². The van der Waals surface area contributed by atoms with E-state index in [1.54, 1.807) is 0 Å². The summed E-state index contributed by atoms with van der Waals surface area (Å²) in [5, 5.41) is 34.8. The van der Waals surface area contributed by atoms with E-state index in [1.165, 1.54) is 0 Å². The minimum Gasteiger partial charge on any atom is -0.393 e. The lowest BCUT2D eigenvalue weighted by Crippen LogP contribution is -2.28. The van der Waals surface area contributed by atoms with Gasteiger partial charge in [-0.3, -0.25) is 4.79 Å². The number of hydrogen-bond acceptors (Lipinski definition) is 5. The number of amides is 1. The van der Waals surface area contributed by atoms with Crippen molar-refractivity contribution in [2.24, 2.45) is 5.73 Å². The van der Waals surface area contributed by atoms with Crippen LogP contribution in [-0.4, -0.2) is 51.8 Å². The van der Waals surface area contributed by atoms with Gasteiger partial charge in [0.2, 0.25) is 5.91 Å². The summed E-state index contributed by atoms with van der Waals surface area (Å²) in [6.45, 7) is -1.26. The van der Waals surface area contributed by atoms with Crippen LogP contribution < -0.4 is 5.73 Å². The lowest BCUT2D eigenvalue weighted by atomic mass is 10.1. The third-order valence-electron chi connectivity index (χ3n) is 1.38. The van der Waals surface area contributed by atoms with Crippen molar-refractivity contribution in [3.05, 3.63) is 11.6 Å². The van der Waals surface area contributed by atoms with Crippen LogP contribution in [0, 0.1) is 0 Å². The van der Waals surface area contributed by atoms with Gasteiger partial charge in [-0.25, -0.2) is 0 Å². The Balaban J connectivity index is 4.59. The number of rotatable bonds is 5. The number of carbonyl (C=O) groups is 1. The van der Waals surface area contributed by atoms with Crippen LogP contribution in [0.5, 0.6) is 0 Å². The number of carbonyl (C=O) groups excluding carboxylic acids is 1. The molecule has 0 saturated carbocycles. The highest BCUT2D eigenvalue weighted by Gasteiger charge is 2.16. The molecule has 0 aromatic heterocycles. The molecule has 2 unspecified atom stereocenters. The molecule has 0 spiro atoms. The van der Waals surface area contributed by atoms with E-state index in [1.807, 2.05) is 0 Å². The Kier molecular flexibility index (Phi) is 5.24. The van der Waals surface area contributed by atoms with Crippen molar-refractivity contribution in [3.8, 4) is 0 Å². The van der Waals surface area contributed by atoms with Crippen LogP contribution in [0.25, 0.3) is 0 Å². The summed E-state index contributed by atoms with van der Waals surface area (Å²) in [5.74, 6) is -0.950. The molecule has 0 aliphatic carbocycles. The predicted molar refractivity (Wildman–Crippen MR) is 43.5 cm³/mol. The summed E-state index contributed by atoms with van der Waals surface area (Å²) in [6.07, 6.45) is -1.80. The van der Waals surface area contributed by atoms with Gasteiger partial charge in [-0.15, -0.1) is 0 Å². The normalized spacial score (nSPS) is 16.8. The van der Waals surface area contributed by atoms with Gasteiger partial charge in [0.15, 0.2) is 0 Å². The van der Waals surface area contributed by atoms with Gasteiger partial charge in [-0.1, -0.05) is 0 Å². The first kappa shape index (κ1) is 12.0. The summed E-state index contributed by atoms with van der Waals surface area (Å²) in [4.78, 5) is 10.6. The lowest BCUT2D eigenvalue weighted by Gasteiger charge is -2.10. The minimum absolute atomic E-state index is 0.316. The number of aliphatic hydroxyl groups is 4. The van der Waals surface area contributed by atoms with Gasteiger partial charge in [0.25, 0.3) is 0 Å². The van der Waals surface area contributed by atoms with Crippen molar-refractivity contribution in [1.29, 1.82) is 0 Å². The van der Waals surface area contributed by atoms with Gasteiger partial charge < -0.3 is 26.2 Å². The Morgan fingerprint density at radius 3 is 2.15 bits per heavy atom. The summed E-state index contributed by atoms with van der Waals surface area (Å²) < 4.78 is 0. The van der Waals surface area contributed by atoms with Gasteiger partial charge in [-0.05, 0) is 6.08 Å².